The van der Waals surface area contributed by atoms with Crippen molar-refractivity contribution in [3.8, 4) is 11.1 Å². The first kappa shape index (κ1) is 24.3. The molecule has 2 amide bonds. The van der Waals surface area contributed by atoms with E-state index in [0.29, 0.717) is 10.8 Å². The van der Waals surface area contributed by atoms with Crippen molar-refractivity contribution in [3.63, 3.8) is 0 Å². The third kappa shape index (κ3) is 6.36. The number of carbonyl (C=O) groups is 3. The number of alkyl carbamates (subject to hydrolysis) is 1. The zero-order valence-corrected chi connectivity index (χ0v) is 19.1. The van der Waals surface area contributed by atoms with Crippen molar-refractivity contribution in [2.75, 3.05) is 19.0 Å². The lowest BCUT2D eigenvalue weighted by Gasteiger charge is -2.17. The molecule has 0 saturated heterocycles. The summed E-state index contributed by atoms with van der Waals surface area (Å²) in [5, 5.41) is 14.6. The van der Waals surface area contributed by atoms with Crippen LogP contribution in [-0.4, -0.2) is 48.1 Å². The van der Waals surface area contributed by atoms with Gasteiger partial charge in [0.05, 0.1) is 5.88 Å². The number of thioether (sulfide) groups is 1. The molecule has 0 bridgehead atoms. The molecule has 3 rings (SSSR count). The second-order valence-corrected chi connectivity index (χ2v) is 8.59. The molecule has 0 spiro atoms. The molecule has 1 aliphatic carbocycles. The van der Waals surface area contributed by atoms with Gasteiger partial charge in [0, 0.05) is 19.4 Å². The lowest BCUT2D eigenvalue weighted by molar-refractivity contribution is -0.139. The first-order chi connectivity index (χ1) is 15.9. The topological polar surface area (TPSA) is 131 Å². The van der Waals surface area contributed by atoms with Crippen LogP contribution in [0.25, 0.3) is 11.1 Å². The molecule has 0 fully saturated rings. The number of rotatable bonds is 10. The lowest BCUT2D eigenvalue weighted by atomic mass is 9.98. The summed E-state index contributed by atoms with van der Waals surface area (Å²) in [5.41, 5.74) is 10.1. The summed E-state index contributed by atoms with van der Waals surface area (Å²) in [5.74, 6) is -1.13. The van der Waals surface area contributed by atoms with E-state index in [9.17, 15) is 19.5 Å². The van der Waals surface area contributed by atoms with Crippen molar-refractivity contribution < 1.29 is 24.2 Å². The number of carboxylic acids is 1. The molecule has 0 radical (unpaired) electrons. The van der Waals surface area contributed by atoms with Crippen LogP contribution >= 0.6 is 11.8 Å². The second-order valence-electron chi connectivity index (χ2n) is 7.49. The monoisotopic (exact) mass is 469 g/mol. The van der Waals surface area contributed by atoms with Crippen LogP contribution in [0.4, 0.5) is 4.79 Å². The third-order valence-electron chi connectivity index (χ3n) is 5.29. The summed E-state index contributed by atoms with van der Waals surface area (Å²) >= 11 is 1.30. The van der Waals surface area contributed by atoms with Gasteiger partial charge in [0.15, 0.2) is 0 Å². The number of ether oxygens (including phenoxy) is 1. The molecule has 8 nitrogen and oxygen atoms in total. The number of aliphatic carboxylic acids is 1. The molecule has 0 aliphatic heterocycles. The lowest BCUT2D eigenvalue weighted by Crippen LogP contribution is -2.41. The molecule has 1 atom stereocenters. The predicted molar refractivity (Wildman–Crippen MR) is 128 cm³/mol. The molecule has 0 saturated carbocycles. The van der Waals surface area contributed by atoms with Crippen molar-refractivity contribution in [2.45, 2.75) is 25.3 Å². The van der Waals surface area contributed by atoms with Crippen molar-refractivity contribution in [3.05, 3.63) is 70.6 Å². The summed E-state index contributed by atoms with van der Waals surface area (Å²) in [4.78, 5) is 35.7. The molecular formula is C24H27N3O5S. The predicted octanol–water partition coefficient (Wildman–Crippen LogP) is 3.04. The Morgan fingerprint density at radius 2 is 1.73 bits per heavy atom. The minimum absolute atomic E-state index is 0.0408. The van der Waals surface area contributed by atoms with Crippen LogP contribution in [0.5, 0.6) is 0 Å². The highest BCUT2D eigenvalue weighted by Gasteiger charge is 2.29. The van der Waals surface area contributed by atoms with Gasteiger partial charge < -0.3 is 26.2 Å². The van der Waals surface area contributed by atoms with Crippen LogP contribution in [0, 0.1) is 0 Å². The quantitative estimate of drug-likeness (QED) is 0.393. The van der Waals surface area contributed by atoms with Crippen LogP contribution < -0.4 is 16.4 Å². The van der Waals surface area contributed by atoms with Crippen molar-refractivity contribution in [1.29, 1.82) is 0 Å². The Bertz CT molecular complexity index is 1010. The van der Waals surface area contributed by atoms with Crippen LogP contribution in [-0.2, 0) is 14.3 Å². The summed E-state index contributed by atoms with van der Waals surface area (Å²) < 4.78 is 5.43. The van der Waals surface area contributed by atoms with Gasteiger partial charge >= 0.3 is 12.1 Å². The number of nitrogens with one attached hydrogen (secondary N) is 2. The van der Waals surface area contributed by atoms with Crippen molar-refractivity contribution in [2.24, 2.45) is 5.73 Å². The fraction of sp³-hybridized carbons (Fsp3) is 0.292. The smallest absolute Gasteiger partial charge is 0.407 e. The molecule has 33 heavy (non-hydrogen) atoms. The number of carbonyl (C=O) groups excluding carboxylic acids is 2. The summed E-state index contributed by atoms with van der Waals surface area (Å²) in [7, 11) is 0. The van der Waals surface area contributed by atoms with Gasteiger partial charge in [-0.25, -0.2) is 9.59 Å². The van der Waals surface area contributed by atoms with E-state index in [0.717, 1.165) is 22.3 Å². The zero-order chi connectivity index (χ0) is 23.8. The molecular weight excluding hydrogens is 442 g/mol. The van der Waals surface area contributed by atoms with Gasteiger partial charge in [-0.05, 0) is 33.6 Å². The van der Waals surface area contributed by atoms with Gasteiger partial charge in [-0.3, -0.25) is 4.79 Å². The number of amides is 2. The number of hydrogen-bond acceptors (Lipinski definition) is 6. The van der Waals surface area contributed by atoms with E-state index in [1.54, 1.807) is 6.08 Å². The Kier molecular flexibility index (Phi) is 8.51. The van der Waals surface area contributed by atoms with Crippen LogP contribution in [0.2, 0.25) is 0 Å². The number of fused-ring (bicyclic) bond motifs is 3. The minimum Gasteiger partial charge on any atom is -0.480 e. The molecule has 9 heteroatoms. The second kappa shape index (κ2) is 11.5. The van der Waals surface area contributed by atoms with Gasteiger partial charge in [0.25, 0.3) is 0 Å². The van der Waals surface area contributed by atoms with Crippen LogP contribution in [0.3, 0.4) is 0 Å². The molecule has 1 aliphatic rings. The third-order valence-corrected chi connectivity index (χ3v) is 6.29. The van der Waals surface area contributed by atoms with Gasteiger partial charge in [-0.2, -0.15) is 0 Å². The Hall–Kier alpha value is -3.30. The number of carboxylic acid groups (broad SMARTS) is 1. The Balaban J connectivity index is 1.59. The Morgan fingerprint density at radius 3 is 2.27 bits per heavy atom. The van der Waals surface area contributed by atoms with Crippen molar-refractivity contribution >= 4 is 29.7 Å². The normalized spacial score (nSPS) is 13.6. The maximum atomic E-state index is 12.4. The van der Waals surface area contributed by atoms with Gasteiger partial charge in [0.1, 0.15) is 12.6 Å². The molecule has 2 aromatic rings. The van der Waals surface area contributed by atoms with E-state index in [1.165, 1.54) is 18.7 Å². The summed E-state index contributed by atoms with van der Waals surface area (Å²) in [6, 6.07) is 14.8. The van der Waals surface area contributed by atoms with E-state index >= 15 is 0 Å². The summed E-state index contributed by atoms with van der Waals surface area (Å²) in [6.45, 7) is 1.70. The van der Waals surface area contributed by atoms with Crippen LogP contribution in [0.15, 0.2) is 59.5 Å². The first-order valence-electron chi connectivity index (χ1n) is 10.5. The van der Waals surface area contributed by atoms with Gasteiger partial charge in [-0.15, -0.1) is 11.8 Å². The molecule has 0 heterocycles. The minimum atomic E-state index is -1.18. The van der Waals surface area contributed by atoms with E-state index in [1.807, 2.05) is 48.5 Å². The number of benzene rings is 2. The van der Waals surface area contributed by atoms with E-state index in [4.69, 9.17) is 10.5 Å². The van der Waals surface area contributed by atoms with E-state index < -0.39 is 18.1 Å². The molecule has 0 unspecified atom stereocenters. The zero-order valence-electron chi connectivity index (χ0n) is 18.2. The number of nitrogens with two attached hydrogens (primary N) is 1. The average molecular weight is 470 g/mol. The molecule has 5 N–H and O–H groups in total. The highest BCUT2D eigenvalue weighted by molar-refractivity contribution is 8.03. The Morgan fingerprint density at radius 1 is 1.12 bits per heavy atom. The summed E-state index contributed by atoms with van der Waals surface area (Å²) in [6.07, 6.45) is 0.895. The van der Waals surface area contributed by atoms with E-state index in [2.05, 4.69) is 10.6 Å². The van der Waals surface area contributed by atoms with Crippen LogP contribution in [0.1, 0.15) is 30.4 Å². The van der Waals surface area contributed by atoms with Gasteiger partial charge in [0.2, 0.25) is 5.91 Å². The molecule has 2 aromatic carbocycles. The maximum absolute atomic E-state index is 12.4. The number of hydrogen-bond donors (Lipinski definition) is 4. The standard InChI is InChI=1S/C24H27N3O5S/c1-15(28)26-14-33-16(12-25)10-11-22(23(29)30)27-24(31)32-13-21-19-8-4-2-6-17(19)18-7-3-5-9-20(18)21/h2-10,21-22H,11-14,25H2,1H3,(H,26,28)(H,27,31)(H,29,30)/t22-/m0/s1. The SMILES string of the molecule is CC(=O)NCSC(=CC[C@H](NC(=O)OCC1c2ccccc2-c2ccccc21)C(=O)O)CN. The Labute approximate surface area is 196 Å². The fourth-order valence-electron chi connectivity index (χ4n) is 3.68. The average Bonchev–Trinajstić information content (AvgIpc) is 3.12. The highest BCUT2D eigenvalue weighted by atomic mass is 32.2. The largest absolute Gasteiger partial charge is 0.480 e. The highest BCUT2D eigenvalue weighted by Crippen LogP contribution is 2.44. The van der Waals surface area contributed by atoms with Crippen molar-refractivity contribution in [1.82, 2.24) is 10.6 Å². The maximum Gasteiger partial charge on any atom is 0.407 e. The van der Waals surface area contributed by atoms with Gasteiger partial charge in [-0.1, -0.05) is 54.6 Å². The first-order valence-corrected chi connectivity index (χ1v) is 11.5. The fourth-order valence-corrected chi connectivity index (χ4v) is 4.48. The molecule has 174 valence electrons. The van der Waals surface area contributed by atoms with E-state index in [-0.39, 0.29) is 31.4 Å². The molecule has 0 aromatic heterocycles.